The SMILES string of the molecule is CCNC(=NCCc1csc(C)n1)NC1CN(C(=O)OC(C)(C)C)C1. The summed E-state index contributed by atoms with van der Waals surface area (Å²) >= 11 is 1.66. The number of hydrogen-bond donors (Lipinski definition) is 2. The molecule has 25 heavy (non-hydrogen) atoms. The molecule has 1 aromatic rings. The van der Waals surface area contributed by atoms with Crippen molar-refractivity contribution in [1.29, 1.82) is 0 Å². The Morgan fingerprint density at radius 3 is 2.76 bits per heavy atom. The van der Waals surface area contributed by atoms with Gasteiger partial charge in [-0.1, -0.05) is 0 Å². The van der Waals surface area contributed by atoms with Crippen molar-refractivity contribution in [2.24, 2.45) is 4.99 Å². The lowest BCUT2D eigenvalue weighted by atomic mass is 10.1. The summed E-state index contributed by atoms with van der Waals surface area (Å²) in [5.41, 5.74) is 0.627. The minimum absolute atomic E-state index is 0.201. The predicted molar refractivity (Wildman–Crippen MR) is 101 cm³/mol. The molecule has 0 aromatic carbocycles. The average molecular weight is 368 g/mol. The Balaban J connectivity index is 1.76. The van der Waals surface area contributed by atoms with Gasteiger partial charge in [-0.2, -0.15) is 0 Å². The van der Waals surface area contributed by atoms with Crippen LogP contribution in [0.25, 0.3) is 0 Å². The molecule has 7 nitrogen and oxygen atoms in total. The second kappa shape index (κ2) is 8.51. The van der Waals surface area contributed by atoms with E-state index < -0.39 is 5.60 Å². The summed E-state index contributed by atoms with van der Waals surface area (Å²) in [6, 6.07) is 0.201. The summed E-state index contributed by atoms with van der Waals surface area (Å²) in [5.74, 6) is 0.781. The first-order valence-corrected chi connectivity index (χ1v) is 9.58. The Morgan fingerprint density at radius 1 is 1.48 bits per heavy atom. The van der Waals surface area contributed by atoms with Gasteiger partial charge in [-0.25, -0.2) is 9.78 Å². The maximum Gasteiger partial charge on any atom is 0.410 e. The van der Waals surface area contributed by atoms with Gasteiger partial charge in [0.25, 0.3) is 0 Å². The van der Waals surface area contributed by atoms with Gasteiger partial charge in [-0.05, 0) is 34.6 Å². The normalized spacial score (nSPS) is 15.7. The number of carbonyl (C=O) groups excluding carboxylic acids is 1. The highest BCUT2D eigenvalue weighted by Gasteiger charge is 2.34. The monoisotopic (exact) mass is 367 g/mol. The number of carbonyl (C=O) groups is 1. The maximum absolute atomic E-state index is 12.0. The highest BCUT2D eigenvalue weighted by molar-refractivity contribution is 7.09. The van der Waals surface area contributed by atoms with E-state index in [1.807, 2.05) is 34.6 Å². The quantitative estimate of drug-likeness (QED) is 0.616. The lowest BCUT2D eigenvalue weighted by molar-refractivity contribution is 0.00701. The minimum Gasteiger partial charge on any atom is -0.444 e. The van der Waals surface area contributed by atoms with Crippen LogP contribution in [0.1, 0.15) is 38.4 Å². The predicted octanol–water partition coefficient (Wildman–Crippen LogP) is 2.17. The zero-order valence-electron chi connectivity index (χ0n) is 15.8. The van der Waals surface area contributed by atoms with Gasteiger partial charge in [0.05, 0.1) is 16.7 Å². The van der Waals surface area contributed by atoms with Crippen LogP contribution in [0, 0.1) is 6.92 Å². The van der Waals surface area contributed by atoms with Crippen molar-refractivity contribution < 1.29 is 9.53 Å². The van der Waals surface area contributed by atoms with Crippen LogP contribution in [0.5, 0.6) is 0 Å². The fourth-order valence-electron chi connectivity index (χ4n) is 2.36. The van der Waals surface area contributed by atoms with E-state index in [2.05, 4.69) is 26.0 Å². The Hall–Kier alpha value is -1.83. The third kappa shape index (κ3) is 6.53. The van der Waals surface area contributed by atoms with Gasteiger partial charge >= 0.3 is 6.09 Å². The number of aromatic nitrogens is 1. The number of ether oxygens (including phenoxy) is 1. The molecule has 1 aliphatic rings. The molecule has 1 aromatic heterocycles. The Labute approximate surface area is 153 Å². The van der Waals surface area contributed by atoms with E-state index in [4.69, 9.17) is 4.74 Å². The molecule has 2 rings (SSSR count). The second-order valence-corrected chi connectivity index (χ2v) is 8.16. The van der Waals surface area contributed by atoms with Crippen LogP contribution in [0.15, 0.2) is 10.4 Å². The van der Waals surface area contributed by atoms with Crippen LogP contribution in [-0.4, -0.2) is 59.8 Å². The zero-order valence-corrected chi connectivity index (χ0v) is 16.6. The third-order valence-electron chi connectivity index (χ3n) is 3.52. The number of rotatable bonds is 5. The molecule has 2 N–H and O–H groups in total. The maximum atomic E-state index is 12.0. The molecule has 0 bridgehead atoms. The highest BCUT2D eigenvalue weighted by Crippen LogP contribution is 2.15. The van der Waals surface area contributed by atoms with Crippen LogP contribution < -0.4 is 10.6 Å². The summed E-state index contributed by atoms with van der Waals surface area (Å²) in [4.78, 5) is 22.7. The Bertz CT molecular complexity index is 602. The molecule has 1 aliphatic heterocycles. The number of thiazole rings is 1. The van der Waals surface area contributed by atoms with Gasteiger partial charge in [-0.3, -0.25) is 4.99 Å². The van der Waals surface area contributed by atoms with E-state index in [0.717, 1.165) is 29.6 Å². The first kappa shape index (κ1) is 19.5. The number of nitrogens with zero attached hydrogens (tertiary/aromatic N) is 3. The number of nitrogens with one attached hydrogen (secondary N) is 2. The van der Waals surface area contributed by atoms with Crippen molar-refractivity contribution in [1.82, 2.24) is 20.5 Å². The van der Waals surface area contributed by atoms with Gasteiger partial charge < -0.3 is 20.3 Å². The summed E-state index contributed by atoms with van der Waals surface area (Å²) in [6.07, 6.45) is 0.571. The fourth-order valence-corrected chi connectivity index (χ4v) is 3.01. The fraction of sp³-hybridized carbons (Fsp3) is 0.706. The molecular formula is C17H29N5O2S. The second-order valence-electron chi connectivity index (χ2n) is 7.10. The largest absolute Gasteiger partial charge is 0.444 e. The molecule has 1 fully saturated rings. The van der Waals surface area contributed by atoms with Crippen molar-refractivity contribution in [2.45, 2.75) is 52.7 Å². The number of hydrogen-bond acceptors (Lipinski definition) is 5. The van der Waals surface area contributed by atoms with Gasteiger partial charge in [0, 0.05) is 38.0 Å². The third-order valence-corrected chi connectivity index (χ3v) is 4.35. The number of guanidine groups is 1. The van der Waals surface area contributed by atoms with Gasteiger partial charge in [0.2, 0.25) is 0 Å². The average Bonchev–Trinajstić information content (AvgIpc) is 2.85. The van der Waals surface area contributed by atoms with Gasteiger partial charge in [0.1, 0.15) is 5.60 Å². The molecule has 0 spiro atoms. The van der Waals surface area contributed by atoms with Crippen molar-refractivity contribution in [2.75, 3.05) is 26.2 Å². The molecule has 0 unspecified atom stereocenters. The molecule has 8 heteroatoms. The number of likely N-dealkylation sites (tertiary alicyclic amines) is 1. The summed E-state index contributed by atoms with van der Waals surface area (Å²) in [7, 11) is 0. The van der Waals surface area contributed by atoms with Crippen molar-refractivity contribution in [3.05, 3.63) is 16.1 Å². The highest BCUT2D eigenvalue weighted by atomic mass is 32.1. The number of aryl methyl sites for hydroxylation is 1. The number of aliphatic imine (C=N–C) groups is 1. The first-order valence-electron chi connectivity index (χ1n) is 8.70. The Kier molecular flexibility index (Phi) is 6.64. The van der Waals surface area contributed by atoms with Crippen LogP contribution in [0.2, 0.25) is 0 Å². The molecule has 2 heterocycles. The molecule has 1 amide bonds. The molecule has 140 valence electrons. The first-order chi connectivity index (χ1) is 11.8. The van der Waals surface area contributed by atoms with Crippen LogP contribution in [0.4, 0.5) is 4.79 Å². The van der Waals surface area contributed by atoms with E-state index in [0.29, 0.717) is 19.6 Å². The standard InChI is InChI=1S/C17H29N5O2S/c1-6-18-15(19-8-7-13-11-25-12(2)20-13)21-14-9-22(10-14)16(23)24-17(3,4)5/h11,14H,6-10H2,1-5H3,(H2,18,19,21). The summed E-state index contributed by atoms with van der Waals surface area (Å²) in [5, 5.41) is 9.77. The lowest BCUT2D eigenvalue weighted by Crippen LogP contribution is -2.63. The van der Waals surface area contributed by atoms with Crippen molar-refractivity contribution in [3.63, 3.8) is 0 Å². The molecule has 0 atom stereocenters. The van der Waals surface area contributed by atoms with Crippen molar-refractivity contribution in [3.8, 4) is 0 Å². The zero-order chi connectivity index (χ0) is 18.4. The lowest BCUT2D eigenvalue weighted by Gasteiger charge is -2.40. The van der Waals surface area contributed by atoms with Crippen LogP contribution in [0.3, 0.4) is 0 Å². The summed E-state index contributed by atoms with van der Waals surface area (Å²) in [6.45, 7) is 12.4. The van der Waals surface area contributed by atoms with Gasteiger partial charge in [-0.15, -0.1) is 11.3 Å². The van der Waals surface area contributed by atoms with Crippen LogP contribution in [-0.2, 0) is 11.2 Å². The van der Waals surface area contributed by atoms with Crippen molar-refractivity contribution >= 4 is 23.4 Å². The molecular weight excluding hydrogens is 338 g/mol. The van der Waals surface area contributed by atoms with E-state index in [1.54, 1.807) is 16.2 Å². The van der Waals surface area contributed by atoms with E-state index in [-0.39, 0.29) is 12.1 Å². The van der Waals surface area contributed by atoms with E-state index in [9.17, 15) is 4.79 Å². The summed E-state index contributed by atoms with van der Waals surface area (Å²) < 4.78 is 5.37. The molecule has 0 saturated carbocycles. The minimum atomic E-state index is -0.458. The van der Waals surface area contributed by atoms with Gasteiger partial charge in [0.15, 0.2) is 5.96 Å². The van der Waals surface area contributed by atoms with E-state index in [1.165, 1.54) is 0 Å². The Morgan fingerprint density at radius 2 is 2.20 bits per heavy atom. The smallest absolute Gasteiger partial charge is 0.410 e. The topological polar surface area (TPSA) is 78.9 Å². The molecule has 1 saturated heterocycles. The van der Waals surface area contributed by atoms with E-state index >= 15 is 0 Å². The molecule has 0 aliphatic carbocycles. The molecule has 0 radical (unpaired) electrons. The van der Waals surface area contributed by atoms with Crippen LogP contribution >= 0.6 is 11.3 Å². The number of amides is 1.